The van der Waals surface area contributed by atoms with Gasteiger partial charge in [-0.3, -0.25) is 4.79 Å². The van der Waals surface area contributed by atoms with E-state index in [0.29, 0.717) is 11.6 Å². The molecule has 0 aliphatic rings. The molecule has 58 valence electrons. The molecule has 2 nitrogen and oxygen atoms in total. The third-order valence-corrected chi connectivity index (χ3v) is 1.54. The predicted octanol–water partition coefficient (Wildman–Crippen LogP) is 1.13. The highest BCUT2D eigenvalue weighted by Gasteiger charge is 2.04. The SMILES string of the molecule is C=C(CC(C)NC)C(C)=O. The third-order valence-electron chi connectivity index (χ3n) is 1.54. The molecule has 10 heavy (non-hydrogen) atoms. The van der Waals surface area contributed by atoms with Gasteiger partial charge in [-0.25, -0.2) is 0 Å². The molecule has 0 heterocycles. The molecule has 0 spiro atoms. The van der Waals surface area contributed by atoms with Crippen LogP contribution in [0, 0.1) is 0 Å². The van der Waals surface area contributed by atoms with Crippen LogP contribution in [-0.2, 0) is 4.79 Å². The van der Waals surface area contributed by atoms with Crippen LogP contribution in [-0.4, -0.2) is 18.9 Å². The summed E-state index contributed by atoms with van der Waals surface area (Å²) in [4.78, 5) is 10.7. The zero-order valence-corrected chi connectivity index (χ0v) is 6.90. The van der Waals surface area contributed by atoms with Gasteiger partial charge in [0.15, 0.2) is 5.78 Å². The molecule has 0 aromatic carbocycles. The van der Waals surface area contributed by atoms with Crippen molar-refractivity contribution in [3.05, 3.63) is 12.2 Å². The maximum Gasteiger partial charge on any atom is 0.155 e. The molecule has 0 fully saturated rings. The van der Waals surface area contributed by atoms with Crippen molar-refractivity contribution < 1.29 is 4.79 Å². The summed E-state index contributed by atoms with van der Waals surface area (Å²) in [5, 5.41) is 3.04. The molecule has 1 N–H and O–H groups in total. The Hall–Kier alpha value is -0.630. The summed E-state index contributed by atoms with van der Waals surface area (Å²) in [5.74, 6) is 0.0853. The minimum absolute atomic E-state index is 0.0853. The van der Waals surface area contributed by atoms with E-state index < -0.39 is 0 Å². The third kappa shape index (κ3) is 3.41. The van der Waals surface area contributed by atoms with Crippen LogP contribution in [0.15, 0.2) is 12.2 Å². The first kappa shape index (κ1) is 9.37. The van der Waals surface area contributed by atoms with Gasteiger partial charge in [-0.1, -0.05) is 6.58 Å². The number of carbonyl (C=O) groups excluding carboxylic acids is 1. The van der Waals surface area contributed by atoms with E-state index in [9.17, 15) is 4.79 Å². The summed E-state index contributed by atoms with van der Waals surface area (Å²) < 4.78 is 0. The Balaban J connectivity index is 3.68. The molecule has 0 bridgehead atoms. The van der Waals surface area contributed by atoms with Crippen molar-refractivity contribution in [1.82, 2.24) is 5.32 Å². The number of hydrogen-bond acceptors (Lipinski definition) is 2. The van der Waals surface area contributed by atoms with Gasteiger partial charge in [0.05, 0.1) is 0 Å². The Morgan fingerprint density at radius 3 is 2.50 bits per heavy atom. The number of Topliss-reactive ketones (excluding diaryl/α,β-unsaturated/α-hetero) is 1. The average Bonchev–Trinajstić information content (AvgIpc) is 1.87. The minimum atomic E-state index is 0.0853. The van der Waals surface area contributed by atoms with E-state index >= 15 is 0 Å². The largest absolute Gasteiger partial charge is 0.317 e. The monoisotopic (exact) mass is 141 g/mol. The topological polar surface area (TPSA) is 29.1 Å². The van der Waals surface area contributed by atoms with Crippen molar-refractivity contribution in [3.8, 4) is 0 Å². The summed E-state index contributed by atoms with van der Waals surface area (Å²) in [5.41, 5.74) is 0.696. The van der Waals surface area contributed by atoms with Crippen molar-refractivity contribution in [1.29, 1.82) is 0 Å². The first-order valence-corrected chi connectivity index (χ1v) is 3.44. The molecule has 0 saturated carbocycles. The van der Waals surface area contributed by atoms with E-state index in [1.54, 1.807) is 6.92 Å². The first-order valence-electron chi connectivity index (χ1n) is 3.44. The van der Waals surface area contributed by atoms with E-state index in [2.05, 4.69) is 11.9 Å². The number of rotatable bonds is 4. The van der Waals surface area contributed by atoms with Gasteiger partial charge in [-0.05, 0) is 32.9 Å². The Labute approximate surface area is 62.3 Å². The zero-order valence-electron chi connectivity index (χ0n) is 6.90. The maximum absolute atomic E-state index is 10.7. The van der Waals surface area contributed by atoms with Crippen molar-refractivity contribution in [3.63, 3.8) is 0 Å². The second-order valence-corrected chi connectivity index (χ2v) is 2.55. The van der Waals surface area contributed by atoms with Crippen molar-refractivity contribution >= 4 is 5.78 Å². The molecule has 0 amide bonds. The van der Waals surface area contributed by atoms with Crippen LogP contribution in [0.4, 0.5) is 0 Å². The molecule has 0 aromatic rings. The van der Waals surface area contributed by atoms with Crippen molar-refractivity contribution in [2.45, 2.75) is 26.3 Å². The van der Waals surface area contributed by atoms with Crippen LogP contribution in [0.25, 0.3) is 0 Å². The number of ketones is 1. The molecule has 2 heteroatoms. The molecule has 1 unspecified atom stereocenters. The van der Waals surface area contributed by atoms with Gasteiger partial charge in [-0.2, -0.15) is 0 Å². The lowest BCUT2D eigenvalue weighted by Crippen LogP contribution is -2.22. The van der Waals surface area contributed by atoms with Crippen LogP contribution in [0.1, 0.15) is 20.3 Å². The molecule has 0 saturated heterocycles. The molecule has 1 atom stereocenters. The lowest BCUT2D eigenvalue weighted by Gasteiger charge is -2.09. The first-order chi connectivity index (χ1) is 4.57. The van der Waals surface area contributed by atoms with Gasteiger partial charge in [0.2, 0.25) is 0 Å². The minimum Gasteiger partial charge on any atom is -0.317 e. The Morgan fingerprint density at radius 2 is 2.20 bits per heavy atom. The van der Waals surface area contributed by atoms with E-state index in [0.717, 1.165) is 6.42 Å². The standard InChI is InChI=1S/C8H15NO/c1-6(8(3)10)5-7(2)9-4/h7,9H,1,5H2,2-4H3. The van der Waals surface area contributed by atoms with Gasteiger partial charge in [-0.15, -0.1) is 0 Å². The second-order valence-electron chi connectivity index (χ2n) is 2.55. The molecular weight excluding hydrogens is 126 g/mol. The van der Waals surface area contributed by atoms with E-state index in [4.69, 9.17) is 0 Å². The zero-order chi connectivity index (χ0) is 8.15. The average molecular weight is 141 g/mol. The summed E-state index contributed by atoms with van der Waals surface area (Å²) in [7, 11) is 1.87. The van der Waals surface area contributed by atoms with Crippen molar-refractivity contribution in [2.75, 3.05) is 7.05 Å². The fraction of sp³-hybridized carbons (Fsp3) is 0.625. The lowest BCUT2D eigenvalue weighted by atomic mass is 10.1. The summed E-state index contributed by atoms with van der Waals surface area (Å²) >= 11 is 0. The Morgan fingerprint density at radius 1 is 1.70 bits per heavy atom. The van der Waals surface area contributed by atoms with Gasteiger partial charge in [0.25, 0.3) is 0 Å². The van der Waals surface area contributed by atoms with Gasteiger partial charge >= 0.3 is 0 Å². The second kappa shape index (κ2) is 4.23. The fourth-order valence-corrected chi connectivity index (χ4v) is 0.615. The quantitative estimate of drug-likeness (QED) is 0.595. The van der Waals surface area contributed by atoms with Crippen LogP contribution in [0.2, 0.25) is 0 Å². The highest BCUT2D eigenvalue weighted by atomic mass is 16.1. The van der Waals surface area contributed by atoms with Crippen LogP contribution in [0.3, 0.4) is 0 Å². The molecule has 0 aliphatic carbocycles. The van der Waals surface area contributed by atoms with Crippen LogP contribution < -0.4 is 5.32 Å². The molecule has 0 rings (SSSR count). The van der Waals surface area contributed by atoms with E-state index in [1.165, 1.54) is 0 Å². The summed E-state index contributed by atoms with van der Waals surface area (Å²) in [6, 6.07) is 0.344. The Kier molecular flexibility index (Phi) is 3.96. The summed E-state index contributed by atoms with van der Waals surface area (Å²) in [6.07, 6.45) is 0.742. The summed E-state index contributed by atoms with van der Waals surface area (Å²) in [6.45, 7) is 7.22. The number of hydrogen-bond donors (Lipinski definition) is 1. The van der Waals surface area contributed by atoms with Crippen LogP contribution >= 0.6 is 0 Å². The van der Waals surface area contributed by atoms with Crippen LogP contribution in [0.5, 0.6) is 0 Å². The maximum atomic E-state index is 10.7. The van der Waals surface area contributed by atoms with Gasteiger partial charge in [0, 0.05) is 6.04 Å². The smallest absolute Gasteiger partial charge is 0.155 e. The highest BCUT2D eigenvalue weighted by molar-refractivity contribution is 5.92. The van der Waals surface area contributed by atoms with E-state index in [-0.39, 0.29) is 5.78 Å². The van der Waals surface area contributed by atoms with Gasteiger partial charge < -0.3 is 5.32 Å². The predicted molar refractivity (Wildman–Crippen MR) is 43.0 cm³/mol. The molecule has 0 aliphatic heterocycles. The highest BCUT2D eigenvalue weighted by Crippen LogP contribution is 2.02. The molecule has 0 aromatic heterocycles. The lowest BCUT2D eigenvalue weighted by molar-refractivity contribution is -0.113. The molecular formula is C8H15NO. The Bertz CT molecular complexity index is 140. The normalized spacial score (nSPS) is 12.7. The van der Waals surface area contributed by atoms with Crippen molar-refractivity contribution in [2.24, 2.45) is 0 Å². The van der Waals surface area contributed by atoms with Gasteiger partial charge in [0.1, 0.15) is 0 Å². The molecule has 0 radical (unpaired) electrons. The number of nitrogens with one attached hydrogen (secondary N) is 1. The van der Waals surface area contributed by atoms with E-state index in [1.807, 2.05) is 14.0 Å². The number of carbonyl (C=O) groups is 1. The fourth-order valence-electron chi connectivity index (χ4n) is 0.615.